The lowest BCUT2D eigenvalue weighted by atomic mass is 10.1. The van der Waals surface area contributed by atoms with E-state index >= 15 is 0 Å². The number of carbonyl (C=O) groups excluding carboxylic acids is 1. The number of aromatic nitrogens is 1. The number of rotatable bonds is 7. The van der Waals surface area contributed by atoms with Crippen LogP contribution >= 0.6 is 11.3 Å². The van der Waals surface area contributed by atoms with E-state index in [1.807, 2.05) is 6.92 Å². The highest BCUT2D eigenvalue weighted by Crippen LogP contribution is 2.23. The van der Waals surface area contributed by atoms with Gasteiger partial charge in [0.2, 0.25) is 11.0 Å². The number of fused-ring (bicyclic) bond motifs is 1. The molecular weight excluding hydrogens is 360 g/mol. The standard InChI is InChI=1S/C17H20N2O6S/c1-5-19-9-12(15(21)22)13(20)11-7-10(26-14(11)19)8-18-25-17(3,4)16(23)24-6-2/h7-9H,5-6H2,1-4H3,(H,21,22). The first-order chi connectivity index (χ1) is 12.2. The highest BCUT2D eigenvalue weighted by molar-refractivity contribution is 7.20. The van der Waals surface area contributed by atoms with E-state index < -0.39 is 23.0 Å². The molecule has 2 aromatic heterocycles. The van der Waals surface area contributed by atoms with Crippen LogP contribution in [-0.2, 0) is 20.9 Å². The van der Waals surface area contributed by atoms with E-state index in [2.05, 4.69) is 5.16 Å². The van der Waals surface area contributed by atoms with Gasteiger partial charge in [-0.3, -0.25) is 4.79 Å². The minimum atomic E-state index is -1.26. The summed E-state index contributed by atoms with van der Waals surface area (Å²) in [4.78, 5) is 41.8. The average Bonchev–Trinajstić information content (AvgIpc) is 2.99. The third-order valence-corrected chi connectivity index (χ3v) is 4.67. The van der Waals surface area contributed by atoms with Crippen LogP contribution in [0.3, 0.4) is 0 Å². The number of ether oxygens (including phenoxy) is 1. The monoisotopic (exact) mass is 380 g/mol. The Morgan fingerprint density at radius 3 is 2.65 bits per heavy atom. The van der Waals surface area contributed by atoms with Crippen molar-refractivity contribution < 1.29 is 24.3 Å². The molecule has 26 heavy (non-hydrogen) atoms. The van der Waals surface area contributed by atoms with E-state index in [1.54, 1.807) is 17.6 Å². The first-order valence-corrected chi connectivity index (χ1v) is 8.82. The molecule has 2 rings (SSSR count). The Balaban J connectivity index is 2.34. The van der Waals surface area contributed by atoms with Gasteiger partial charge >= 0.3 is 11.9 Å². The molecule has 0 aromatic carbocycles. The Bertz CT molecular complexity index is 925. The predicted molar refractivity (Wildman–Crippen MR) is 98.1 cm³/mol. The summed E-state index contributed by atoms with van der Waals surface area (Å²) in [5.74, 6) is -1.80. The van der Waals surface area contributed by atoms with Gasteiger partial charge in [-0.2, -0.15) is 0 Å². The number of pyridine rings is 1. The Morgan fingerprint density at radius 1 is 1.38 bits per heavy atom. The van der Waals surface area contributed by atoms with Crippen LogP contribution < -0.4 is 5.43 Å². The number of carboxylic acids is 1. The molecule has 9 heteroatoms. The fourth-order valence-electron chi connectivity index (χ4n) is 2.20. The summed E-state index contributed by atoms with van der Waals surface area (Å²) in [5, 5.41) is 13.3. The van der Waals surface area contributed by atoms with Crippen molar-refractivity contribution in [3.63, 3.8) is 0 Å². The normalized spacial score (nSPS) is 11.8. The number of oxime groups is 1. The van der Waals surface area contributed by atoms with Gasteiger partial charge in [0.25, 0.3) is 0 Å². The SMILES string of the molecule is CCOC(=O)C(C)(C)ON=Cc1cc2c(=O)c(C(=O)O)cn(CC)c2s1. The van der Waals surface area contributed by atoms with Crippen molar-refractivity contribution in [3.8, 4) is 0 Å². The molecular formula is C17H20N2O6S. The molecule has 0 saturated carbocycles. The molecule has 0 atom stereocenters. The molecule has 0 aliphatic carbocycles. The minimum Gasteiger partial charge on any atom is -0.477 e. The zero-order chi connectivity index (χ0) is 19.5. The number of hydrogen-bond acceptors (Lipinski definition) is 7. The van der Waals surface area contributed by atoms with Crippen LogP contribution in [0.4, 0.5) is 0 Å². The molecule has 1 N–H and O–H groups in total. The molecule has 0 saturated heterocycles. The summed E-state index contributed by atoms with van der Waals surface area (Å²) in [6, 6.07) is 1.56. The maximum Gasteiger partial charge on any atom is 0.352 e. The van der Waals surface area contributed by atoms with Crippen molar-refractivity contribution in [2.45, 2.75) is 39.8 Å². The van der Waals surface area contributed by atoms with Crippen molar-refractivity contribution >= 4 is 39.7 Å². The summed E-state index contributed by atoms with van der Waals surface area (Å²) < 4.78 is 6.60. The third-order valence-electron chi connectivity index (χ3n) is 3.57. The van der Waals surface area contributed by atoms with Crippen LogP contribution in [0.1, 0.15) is 42.9 Å². The van der Waals surface area contributed by atoms with Crippen LogP contribution in [0.25, 0.3) is 10.2 Å². The van der Waals surface area contributed by atoms with Gasteiger partial charge in [-0.25, -0.2) is 9.59 Å². The van der Waals surface area contributed by atoms with Gasteiger partial charge in [0.1, 0.15) is 10.4 Å². The van der Waals surface area contributed by atoms with Crippen molar-refractivity contribution in [1.29, 1.82) is 0 Å². The largest absolute Gasteiger partial charge is 0.477 e. The quantitative estimate of drug-likeness (QED) is 0.449. The molecule has 140 valence electrons. The van der Waals surface area contributed by atoms with Crippen LogP contribution in [0.5, 0.6) is 0 Å². The predicted octanol–water partition coefficient (Wildman–Crippen LogP) is 2.47. The highest BCUT2D eigenvalue weighted by atomic mass is 32.1. The Hall–Kier alpha value is -2.68. The number of hydrogen-bond donors (Lipinski definition) is 1. The second-order valence-electron chi connectivity index (χ2n) is 5.89. The number of nitrogens with zero attached hydrogens (tertiary/aromatic N) is 2. The third kappa shape index (κ3) is 3.93. The number of carbonyl (C=O) groups is 2. The van der Waals surface area contributed by atoms with Crippen LogP contribution in [0.2, 0.25) is 0 Å². The zero-order valence-electron chi connectivity index (χ0n) is 14.9. The summed E-state index contributed by atoms with van der Waals surface area (Å²) in [5.41, 5.74) is -2.06. The second-order valence-corrected chi connectivity index (χ2v) is 6.95. The molecule has 0 bridgehead atoms. The van der Waals surface area contributed by atoms with Gasteiger partial charge in [-0.05, 0) is 33.8 Å². The van der Waals surface area contributed by atoms with Crippen LogP contribution in [0.15, 0.2) is 22.2 Å². The van der Waals surface area contributed by atoms with E-state index in [0.717, 1.165) is 0 Å². The Morgan fingerprint density at radius 2 is 2.08 bits per heavy atom. The summed E-state index contributed by atoms with van der Waals surface area (Å²) in [6.45, 7) is 7.37. The van der Waals surface area contributed by atoms with Crippen molar-refractivity contribution in [2.75, 3.05) is 6.61 Å². The first-order valence-electron chi connectivity index (χ1n) is 8.00. The number of carboxylic acid groups (broad SMARTS) is 1. The van der Waals surface area contributed by atoms with Crippen LogP contribution in [-0.4, -0.2) is 40.0 Å². The van der Waals surface area contributed by atoms with E-state index in [0.29, 0.717) is 21.6 Å². The smallest absolute Gasteiger partial charge is 0.352 e. The fourth-order valence-corrected chi connectivity index (χ4v) is 3.25. The number of esters is 1. The average molecular weight is 380 g/mol. The van der Waals surface area contributed by atoms with Gasteiger partial charge in [0.15, 0.2) is 0 Å². The van der Waals surface area contributed by atoms with Crippen molar-refractivity contribution in [2.24, 2.45) is 5.16 Å². The maximum atomic E-state index is 12.3. The Kier molecular flexibility index (Phi) is 5.81. The molecule has 0 spiro atoms. The van der Waals surface area contributed by atoms with Gasteiger partial charge in [0.05, 0.1) is 23.1 Å². The first kappa shape index (κ1) is 19.6. The molecule has 2 aromatic rings. The lowest BCUT2D eigenvalue weighted by Crippen LogP contribution is -2.35. The molecule has 0 amide bonds. The van der Waals surface area contributed by atoms with Crippen molar-refractivity contribution in [1.82, 2.24) is 4.57 Å². The highest BCUT2D eigenvalue weighted by Gasteiger charge is 2.31. The van der Waals surface area contributed by atoms with Gasteiger partial charge in [0, 0.05) is 12.7 Å². The number of aryl methyl sites for hydroxylation is 1. The van der Waals surface area contributed by atoms with E-state index in [-0.39, 0.29) is 12.2 Å². The molecule has 0 aliphatic rings. The molecule has 0 unspecified atom stereocenters. The Labute approximate surface area is 153 Å². The maximum absolute atomic E-state index is 12.3. The second kappa shape index (κ2) is 7.69. The molecule has 0 aliphatic heterocycles. The van der Waals surface area contributed by atoms with E-state index in [1.165, 1.54) is 37.6 Å². The van der Waals surface area contributed by atoms with E-state index in [9.17, 15) is 19.5 Å². The zero-order valence-corrected chi connectivity index (χ0v) is 15.8. The molecule has 0 radical (unpaired) electrons. The summed E-state index contributed by atoms with van der Waals surface area (Å²) in [6.07, 6.45) is 2.72. The number of thiophene rings is 1. The minimum absolute atomic E-state index is 0.237. The lowest BCUT2D eigenvalue weighted by Gasteiger charge is -2.19. The summed E-state index contributed by atoms with van der Waals surface area (Å²) in [7, 11) is 0. The number of aromatic carboxylic acids is 1. The summed E-state index contributed by atoms with van der Waals surface area (Å²) >= 11 is 1.28. The van der Waals surface area contributed by atoms with E-state index in [4.69, 9.17) is 9.57 Å². The van der Waals surface area contributed by atoms with Gasteiger partial charge < -0.3 is 19.2 Å². The van der Waals surface area contributed by atoms with Crippen molar-refractivity contribution in [3.05, 3.63) is 32.9 Å². The van der Waals surface area contributed by atoms with Crippen LogP contribution in [0, 0.1) is 0 Å². The lowest BCUT2D eigenvalue weighted by molar-refractivity contribution is -0.167. The van der Waals surface area contributed by atoms with Gasteiger partial charge in [-0.15, -0.1) is 11.3 Å². The van der Waals surface area contributed by atoms with Gasteiger partial charge in [-0.1, -0.05) is 5.16 Å². The topological polar surface area (TPSA) is 107 Å². The molecule has 8 nitrogen and oxygen atoms in total. The fraction of sp³-hybridized carbons (Fsp3) is 0.412. The molecule has 2 heterocycles. The molecule has 0 fully saturated rings.